The number of ether oxygens (including phenoxy) is 1. The Labute approximate surface area is 98.9 Å². The van der Waals surface area contributed by atoms with E-state index in [1.165, 1.54) is 20.0 Å². The van der Waals surface area contributed by atoms with Gasteiger partial charge < -0.3 is 10.1 Å². The molecule has 0 aliphatic heterocycles. The fourth-order valence-corrected chi connectivity index (χ4v) is 2.79. The average molecular weight is 227 g/mol. The molecular formula is C13H25NO2. The molecule has 0 spiro atoms. The first-order valence-electron chi connectivity index (χ1n) is 6.25. The highest BCUT2D eigenvalue weighted by molar-refractivity contribution is 5.69. The monoisotopic (exact) mass is 227 g/mol. The number of esters is 1. The molecule has 16 heavy (non-hydrogen) atoms. The molecule has 0 saturated heterocycles. The van der Waals surface area contributed by atoms with Gasteiger partial charge in [0.15, 0.2) is 0 Å². The molecule has 0 bridgehead atoms. The van der Waals surface area contributed by atoms with E-state index in [9.17, 15) is 4.79 Å². The molecule has 1 aliphatic rings. The van der Waals surface area contributed by atoms with Crippen molar-refractivity contribution in [1.82, 2.24) is 5.32 Å². The number of methoxy groups -OCH3 is 1. The van der Waals surface area contributed by atoms with Crippen molar-refractivity contribution in [2.45, 2.75) is 52.5 Å². The Morgan fingerprint density at radius 3 is 2.62 bits per heavy atom. The highest BCUT2D eigenvalue weighted by atomic mass is 16.5. The van der Waals surface area contributed by atoms with Crippen LogP contribution in [0.15, 0.2) is 0 Å². The Morgan fingerprint density at radius 2 is 2.12 bits per heavy atom. The normalized spacial score (nSPS) is 28.0. The molecular weight excluding hydrogens is 202 g/mol. The van der Waals surface area contributed by atoms with Gasteiger partial charge in [-0.1, -0.05) is 20.8 Å². The molecule has 1 N–H and O–H groups in total. The number of hydrogen-bond donors (Lipinski definition) is 1. The minimum Gasteiger partial charge on any atom is -0.469 e. The standard InChI is InChI=1S/C13H25NO2/c1-10-8-13(2,3)9-11(10)14-7-5-6-12(15)16-4/h10-11,14H,5-9H2,1-4H3. The van der Waals surface area contributed by atoms with Crippen molar-refractivity contribution in [2.75, 3.05) is 13.7 Å². The van der Waals surface area contributed by atoms with Crippen molar-refractivity contribution in [3.63, 3.8) is 0 Å². The summed E-state index contributed by atoms with van der Waals surface area (Å²) in [4.78, 5) is 10.9. The number of hydrogen-bond acceptors (Lipinski definition) is 3. The van der Waals surface area contributed by atoms with Crippen molar-refractivity contribution >= 4 is 5.97 Å². The molecule has 1 saturated carbocycles. The molecule has 1 rings (SSSR count). The summed E-state index contributed by atoms with van der Waals surface area (Å²) in [5.74, 6) is 0.634. The molecule has 0 amide bonds. The summed E-state index contributed by atoms with van der Waals surface area (Å²) >= 11 is 0. The van der Waals surface area contributed by atoms with Crippen LogP contribution in [0.3, 0.4) is 0 Å². The van der Waals surface area contributed by atoms with E-state index in [0.29, 0.717) is 17.9 Å². The molecule has 3 nitrogen and oxygen atoms in total. The summed E-state index contributed by atoms with van der Waals surface area (Å²) in [6.45, 7) is 7.90. The SMILES string of the molecule is COC(=O)CCCNC1CC(C)(C)CC1C. The zero-order chi connectivity index (χ0) is 12.2. The quantitative estimate of drug-likeness (QED) is 0.579. The van der Waals surface area contributed by atoms with E-state index in [-0.39, 0.29) is 5.97 Å². The number of rotatable bonds is 5. The van der Waals surface area contributed by atoms with Gasteiger partial charge in [0.2, 0.25) is 0 Å². The molecule has 0 radical (unpaired) electrons. The van der Waals surface area contributed by atoms with E-state index >= 15 is 0 Å². The van der Waals surface area contributed by atoms with E-state index < -0.39 is 0 Å². The maximum Gasteiger partial charge on any atom is 0.305 e. The minimum absolute atomic E-state index is 0.110. The predicted octanol–water partition coefficient (Wildman–Crippen LogP) is 2.35. The van der Waals surface area contributed by atoms with Crippen LogP contribution in [0.2, 0.25) is 0 Å². The van der Waals surface area contributed by atoms with Gasteiger partial charge >= 0.3 is 5.97 Å². The lowest BCUT2D eigenvalue weighted by Gasteiger charge is -2.18. The fourth-order valence-electron chi connectivity index (χ4n) is 2.79. The molecule has 0 aromatic heterocycles. The highest BCUT2D eigenvalue weighted by Gasteiger charge is 2.35. The number of carbonyl (C=O) groups excluding carboxylic acids is 1. The Hall–Kier alpha value is -0.570. The molecule has 2 atom stereocenters. The van der Waals surface area contributed by atoms with Gasteiger partial charge in [0.05, 0.1) is 7.11 Å². The Kier molecular flexibility index (Phi) is 4.78. The second-order valence-electron chi connectivity index (χ2n) is 5.79. The number of nitrogens with one attached hydrogen (secondary N) is 1. The summed E-state index contributed by atoms with van der Waals surface area (Å²) in [6.07, 6.45) is 3.93. The van der Waals surface area contributed by atoms with Crippen LogP contribution in [0, 0.1) is 11.3 Å². The van der Waals surface area contributed by atoms with Gasteiger partial charge in [-0.05, 0) is 37.1 Å². The topological polar surface area (TPSA) is 38.3 Å². The smallest absolute Gasteiger partial charge is 0.305 e. The molecule has 1 fully saturated rings. The molecule has 94 valence electrons. The van der Waals surface area contributed by atoms with E-state index in [2.05, 4.69) is 30.8 Å². The molecule has 0 aromatic carbocycles. The Balaban J connectivity index is 2.16. The fraction of sp³-hybridized carbons (Fsp3) is 0.923. The number of carbonyl (C=O) groups is 1. The lowest BCUT2D eigenvalue weighted by atomic mass is 9.91. The molecule has 0 heterocycles. The van der Waals surface area contributed by atoms with Crippen LogP contribution in [-0.4, -0.2) is 25.7 Å². The van der Waals surface area contributed by atoms with Crippen molar-refractivity contribution < 1.29 is 9.53 Å². The Morgan fingerprint density at radius 1 is 1.44 bits per heavy atom. The summed E-state index contributed by atoms with van der Waals surface area (Å²) in [5.41, 5.74) is 0.472. The lowest BCUT2D eigenvalue weighted by Crippen LogP contribution is -2.32. The van der Waals surface area contributed by atoms with Crippen LogP contribution in [0.1, 0.15) is 46.5 Å². The summed E-state index contributed by atoms with van der Waals surface area (Å²) in [7, 11) is 1.44. The molecule has 3 heteroatoms. The van der Waals surface area contributed by atoms with Crippen molar-refractivity contribution in [3.8, 4) is 0 Å². The summed E-state index contributed by atoms with van der Waals surface area (Å²) in [6, 6.07) is 0.618. The molecule has 2 unspecified atom stereocenters. The molecule has 1 aliphatic carbocycles. The highest BCUT2D eigenvalue weighted by Crippen LogP contribution is 2.40. The van der Waals surface area contributed by atoms with Crippen LogP contribution in [0.25, 0.3) is 0 Å². The van der Waals surface area contributed by atoms with Crippen LogP contribution < -0.4 is 5.32 Å². The van der Waals surface area contributed by atoms with Gasteiger partial charge in [0, 0.05) is 12.5 Å². The molecule has 0 aromatic rings. The lowest BCUT2D eigenvalue weighted by molar-refractivity contribution is -0.140. The van der Waals surface area contributed by atoms with E-state index in [4.69, 9.17) is 0 Å². The zero-order valence-electron chi connectivity index (χ0n) is 11.0. The first kappa shape index (κ1) is 13.5. The van der Waals surface area contributed by atoms with Crippen molar-refractivity contribution in [3.05, 3.63) is 0 Å². The van der Waals surface area contributed by atoms with E-state index in [1.807, 2.05) is 0 Å². The summed E-state index contributed by atoms with van der Waals surface area (Å²) < 4.78 is 4.61. The van der Waals surface area contributed by atoms with Crippen LogP contribution in [0.4, 0.5) is 0 Å². The second-order valence-corrected chi connectivity index (χ2v) is 5.79. The van der Waals surface area contributed by atoms with Gasteiger partial charge in [-0.2, -0.15) is 0 Å². The van der Waals surface area contributed by atoms with E-state index in [1.54, 1.807) is 0 Å². The van der Waals surface area contributed by atoms with Crippen LogP contribution >= 0.6 is 0 Å². The maximum atomic E-state index is 10.9. The van der Waals surface area contributed by atoms with Crippen LogP contribution in [-0.2, 0) is 9.53 Å². The second kappa shape index (κ2) is 5.67. The van der Waals surface area contributed by atoms with Gasteiger partial charge in [-0.15, -0.1) is 0 Å². The summed E-state index contributed by atoms with van der Waals surface area (Å²) in [5, 5.41) is 3.56. The van der Waals surface area contributed by atoms with Gasteiger partial charge in [0.25, 0.3) is 0 Å². The first-order valence-corrected chi connectivity index (χ1v) is 6.25. The largest absolute Gasteiger partial charge is 0.469 e. The van der Waals surface area contributed by atoms with Crippen LogP contribution in [0.5, 0.6) is 0 Å². The van der Waals surface area contributed by atoms with Crippen molar-refractivity contribution in [2.24, 2.45) is 11.3 Å². The van der Waals surface area contributed by atoms with Gasteiger partial charge in [0.1, 0.15) is 0 Å². The Bertz CT molecular complexity index is 238. The maximum absolute atomic E-state index is 10.9. The predicted molar refractivity (Wildman–Crippen MR) is 65.2 cm³/mol. The van der Waals surface area contributed by atoms with Gasteiger partial charge in [-0.25, -0.2) is 0 Å². The third-order valence-electron chi connectivity index (χ3n) is 3.53. The van der Waals surface area contributed by atoms with E-state index in [0.717, 1.165) is 18.9 Å². The third-order valence-corrected chi connectivity index (χ3v) is 3.53. The van der Waals surface area contributed by atoms with Gasteiger partial charge in [-0.3, -0.25) is 4.79 Å². The minimum atomic E-state index is -0.110. The zero-order valence-corrected chi connectivity index (χ0v) is 11.0. The van der Waals surface area contributed by atoms with Crippen molar-refractivity contribution in [1.29, 1.82) is 0 Å². The first-order chi connectivity index (χ1) is 7.44. The average Bonchev–Trinajstić information content (AvgIpc) is 2.46. The third kappa shape index (κ3) is 4.12.